The molecule has 0 aliphatic carbocycles. The van der Waals surface area contributed by atoms with Crippen molar-refractivity contribution in [2.75, 3.05) is 6.61 Å². The Bertz CT molecular complexity index is 653. The van der Waals surface area contributed by atoms with E-state index in [4.69, 9.17) is 10.3 Å². The molecule has 0 radical (unpaired) electrons. The number of aromatic nitrogens is 1. The monoisotopic (exact) mass is 244 g/mol. The maximum atomic E-state index is 11.9. The number of fused-ring (bicyclic) bond motifs is 1. The highest BCUT2D eigenvalue weighted by molar-refractivity contribution is 6.09. The van der Waals surface area contributed by atoms with Gasteiger partial charge in [0.1, 0.15) is 5.82 Å². The summed E-state index contributed by atoms with van der Waals surface area (Å²) in [5.74, 6) is -0.200. The Morgan fingerprint density at radius 1 is 1.50 bits per heavy atom. The molecule has 0 atom stereocenters. The summed E-state index contributed by atoms with van der Waals surface area (Å²) in [7, 11) is 1.75. The van der Waals surface area contributed by atoms with Crippen molar-refractivity contribution < 1.29 is 9.53 Å². The van der Waals surface area contributed by atoms with Gasteiger partial charge >= 0.3 is 5.97 Å². The third-order valence-electron chi connectivity index (χ3n) is 2.70. The first kappa shape index (κ1) is 12.0. The Balaban J connectivity index is 2.78. The maximum Gasteiger partial charge on any atom is 0.340 e. The lowest BCUT2D eigenvalue weighted by Gasteiger charge is -2.01. The van der Waals surface area contributed by atoms with Gasteiger partial charge in [0, 0.05) is 22.9 Å². The zero-order chi connectivity index (χ0) is 13.1. The third kappa shape index (κ3) is 1.78. The van der Waals surface area contributed by atoms with Crippen LogP contribution in [0.1, 0.15) is 17.3 Å². The van der Waals surface area contributed by atoms with Gasteiger partial charge in [-0.15, -0.1) is 0 Å². The van der Waals surface area contributed by atoms with E-state index in [1.54, 1.807) is 24.6 Å². The number of para-hydroxylation sites is 1. The van der Waals surface area contributed by atoms with Crippen LogP contribution in [0.2, 0.25) is 0 Å². The van der Waals surface area contributed by atoms with E-state index in [0.717, 1.165) is 10.9 Å². The normalized spacial score (nSPS) is 10.1. The molecule has 0 fully saturated rings. The molecule has 0 aliphatic heterocycles. The van der Waals surface area contributed by atoms with Crippen molar-refractivity contribution >= 4 is 22.7 Å². The smallest absolute Gasteiger partial charge is 0.340 e. The second-order valence-corrected chi connectivity index (χ2v) is 3.68. The quantitative estimate of drug-likeness (QED) is 0.359. The van der Waals surface area contributed by atoms with Gasteiger partial charge in [0.2, 0.25) is 0 Å². The first-order valence-corrected chi connectivity index (χ1v) is 5.50. The number of benzene rings is 1. The van der Waals surface area contributed by atoms with Crippen molar-refractivity contribution in [2.24, 2.45) is 12.2 Å². The Morgan fingerprint density at radius 2 is 2.22 bits per heavy atom. The number of carbonyl (C=O) groups is 1. The molecule has 1 heterocycles. The lowest BCUT2D eigenvalue weighted by Crippen LogP contribution is -2.04. The summed E-state index contributed by atoms with van der Waals surface area (Å²) in [6.45, 7) is 2.01. The zero-order valence-electron chi connectivity index (χ0n) is 10.1. The molecule has 2 rings (SSSR count). The second kappa shape index (κ2) is 4.81. The van der Waals surface area contributed by atoms with E-state index in [0.29, 0.717) is 5.56 Å². The summed E-state index contributed by atoms with van der Waals surface area (Å²) in [6, 6.07) is 7.34. The average Bonchev–Trinajstić information content (AvgIpc) is 2.65. The van der Waals surface area contributed by atoms with Crippen molar-refractivity contribution in [1.29, 1.82) is 0 Å². The Morgan fingerprint density at radius 3 is 2.89 bits per heavy atom. The molecule has 0 saturated heterocycles. The molecular weight excluding hydrogens is 232 g/mol. The number of carbonyl (C=O) groups excluding carboxylic acids is 1. The first-order valence-electron chi connectivity index (χ1n) is 5.50. The molecule has 92 valence electrons. The minimum absolute atomic E-state index is 0.275. The van der Waals surface area contributed by atoms with Crippen molar-refractivity contribution in [1.82, 2.24) is 4.57 Å². The number of azide groups is 1. The Hall–Kier alpha value is -2.46. The fourth-order valence-corrected chi connectivity index (χ4v) is 1.94. The summed E-state index contributed by atoms with van der Waals surface area (Å²) < 4.78 is 6.68. The fraction of sp³-hybridized carbons (Fsp3) is 0.250. The molecule has 0 aliphatic rings. The Kier molecular flexibility index (Phi) is 3.21. The molecule has 6 heteroatoms. The van der Waals surface area contributed by atoms with E-state index in [2.05, 4.69) is 10.0 Å². The minimum Gasteiger partial charge on any atom is -0.462 e. The molecule has 6 nitrogen and oxygen atoms in total. The number of rotatable bonds is 3. The molecule has 0 unspecified atom stereocenters. The van der Waals surface area contributed by atoms with E-state index in [1.807, 2.05) is 18.2 Å². The molecule has 0 N–H and O–H groups in total. The summed E-state index contributed by atoms with van der Waals surface area (Å²) in [4.78, 5) is 14.7. The van der Waals surface area contributed by atoms with Gasteiger partial charge in [-0.2, -0.15) is 0 Å². The van der Waals surface area contributed by atoms with E-state index in [9.17, 15) is 4.79 Å². The number of ether oxygens (including phenoxy) is 1. The first-order chi connectivity index (χ1) is 8.70. The van der Waals surface area contributed by atoms with Gasteiger partial charge in [-0.1, -0.05) is 18.2 Å². The predicted octanol–water partition coefficient (Wildman–Crippen LogP) is 3.30. The minimum atomic E-state index is -0.475. The molecule has 1 aromatic carbocycles. The highest BCUT2D eigenvalue weighted by atomic mass is 16.5. The summed E-state index contributed by atoms with van der Waals surface area (Å²) >= 11 is 0. The van der Waals surface area contributed by atoms with Crippen LogP contribution in [0.25, 0.3) is 21.3 Å². The summed E-state index contributed by atoms with van der Waals surface area (Å²) in [5.41, 5.74) is 9.73. The number of nitrogens with zero attached hydrogens (tertiary/aromatic N) is 4. The van der Waals surface area contributed by atoms with E-state index in [-0.39, 0.29) is 12.4 Å². The van der Waals surface area contributed by atoms with Crippen molar-refractivity contribution in [3.63, 3.8) is 0 Å². The van der Waals surface area contributed by atoms with Crippen LogP contribution in [-0.2, 0) is 11.8 Å². The SMILES string of the molecule is CCOC(=O)c1c(N=[N+]=[N-])n(C)c2ccccc12. The highest BCUT2D eigenvalue weighted by Gasteiger charge is 2.20. The Labute approximate surface area is 103 Å². The van der Waals surface area contributed by atoms with E-state index < -0.39 is 5.97 Å². The molecule has 1 aromatic heterocycles. The van der Waals surface area contributed by atoms with Gasteiger partial charge in [0.25, 0.3) is 0 Å². The fourth-order valence-electron chi connectivity index (χ4n) is 1.94. The maximum absolute atomic E-state index is 11.9. The molecule has 0 bridgehead atoms. The number of aryl methyl sites for hydroxylation is 1. The van der Waals surface area contributed by atoms with Crippen LogP contribution in [0.5, 0.6) is 0 Å². The summed E-state index contributed by atoms with van der Waals surface area (Å²) in [6.07, 6.45) is 0. The van der Waals surface area contributed by atoms with Crippen molar-refractivity contribution in [3.8, 4) is 0 Å². The van der Waals surface area contributed by atoms with Crippen LogP contribution in [0.3, 0.4) is 0 Å². The van der Waals surface area contributed by atoms with Crippen molar-refractivity contribution in [3.05, 3.63) is 40.3 Å². The molecule has 0 amide bonds. The van der Waals surface area contributed by atoms with Crippen LogP contribution >= 0.6 is 0 Å². The van der Waals surface area contributed by atoms with Gasteiger partial charge in [-0.3, -0.25) is 0 Å². The van der Waals surface area contributed by atoms with Gasteiger partial charge in [0.15, 0.2) is 0 Å². The van der Waals surface area contributed by atoms with Gasteiger partial charge in [0.05, 0.1) is 12.2 Å². The van der Waals surface area contributed by atoms with Crippen molar-refractivity contribution in [2.45, 2.75) is 6.92 Å². The molecule has 18 heavy (non-hydrogen) atoms. The standard InChI is InChI=1S/C12H12N4O2/c1-3-18-12(17)10-8-6-4-5-7-9(8)16(2)11(10)14-15-13/h4-7H,3H2,1-2H3. The molecular formula is C12H12N4O2. The topological polar surface area (TPSA) is 80.0 Å². The highest BCUT2D eigenvalue weighted by Crippen LogP contribution is 2.32. The van der Waals surface area contributed by atoms with Crippen LogP contribution in [-0.4, -0.2) is 17.1 Å². The van der Waals surface area contributed by atoms with Crippen LogP contribution in [0, 0.1) is 0 Å². The molecule has 2 aromatic rings. The van der Waals surface area contributed by atoms with Crippen LogP contribution in [0.15, 0.2) is 29.4 Å². The predicted molar refractivity (Wildman–Crippen MR) is 67.7 cm³/mol. The average molecular weight is 244 g/mol. The number of hydrogen-bond acceptors (Lipinski definition) is 3. The number of hydrogen-bond donors (Lipinski definition) is 0. The lowest BCUT2D eigenvalue weighted by atomic mass is 10.1. The van der Waals surface area contributed by atoms with E-state index in [1.165, 1.54) is 0 Å². The third-order valence-corrected chi connectivity index (χ3v) is 2.70. The van der Waals surface area contributed by atoms with Gasteiger partial charge < -0.3 is 9.30 Å². The number of esters is 1. The van der Waals surface area contributed by atoms with E-state index >= 15 is 0 Å². The molecule has 0 spiro atoms. The zero-order valence-corrected chi connectivity index (χ0v) is 10.1. The molecule has 0 saturated carbocycles. The largest absolute Gasteiger partial charge is 0.462 e. The van der Waals surface area contributed by atoms with Gasteiger partial charge in [-0.05, 0) is 23.6 Å². The second-order valence-electron chi connectivity index (χ2n) is 3.68. The van der Waals surface area contributed by atoms with Crippen LogP contribution < -0.4 is 0 Å². The lowest BCUT2D eigenvalue weighted by molar-refractivity contribution is 0.0529. The summed E-state index contributed by atoms with van der Waals surface area (Å²) in [5, 5.41) is 4.31. The van der Waals surface area contributed by atoms with Gasteiger partial charge in [-0.25, -0.2) is 4.79 Å². The van der Waals surface area contributed by atoms with Crippen LogP contribution in [0.4, 0.5) is 5.82 Å².